The van der Waals surface area contributed by atoms with Crippen LogP contribution in [0.2, 0.25) is 0 Å². The predicted molar refractivity (Wildman–Crippen MR) is 137 cm³/mol. The van der Waals surface area contributed by atoms with Crippen molar-refractivity contribution in [1.82, 2.24) is 9.38 Å². The molecule has 0 unspecified atom stereocenters. The van der Waals surface area contributed by atoms with E-state index in [1.165, 1.54) is 112 Å². The number of hydrogen-bond donors (Lipinski definition) is 0. The Bertz CT molecular complexity index is 827. The van der Waals surface area contributed by atoms with Gasteiger partial charge in [0.2, 0.25) is 0 Å². The van der Waals surface area contributed by atoms with Crippen molar-refractivity contribution in [2.24, 2.45) is 0 Å². The van der Waals surface area contributed by atoms with E-state index in [-0.39, 0.29) is 0 Å². The molecule has 0 N–H and O–H groups in total. The number of thiazole rings is 1. The molecule has 0 saturated carbocycles. The molecular formula is C28H42N2S. The minimum absolute atomic E-state index is 1.11. The molecule has 31 heavy (non-hydrogen) atoms. The average Bonchev–Trinajstić information content (AvgIpc) is 3.35. The Morgan fingerprint density at radius 1 is 0.677 bits per heavy atom. The summed E-state index contributed by atoms with van der Waals surface area (Å²) in [5.74, 6) is 0. The Morgan fingerprint density at radius 3 is 1.87 bits per heavy atom. The molecule has 0 radical (unpaired) electrons. The summed E-state index contributed by atoms with van der Waals surface area (Å²) in [7, 11) is 0. The van der Waals surface area contributed by atoms with E-state index in [0.717, 1.165) is 11.4 Å². The number of aromatic nitrogens is 2. The van der Waals surface area contributed by atoms with E-state index in [0.29, 0.717) is 0 Å². The van der Waals surface area contributed by atoms with E-state index < -0.39 is 0 Å². The largest absolute Gasteiger partial charge is 0.297 e. The second-order valence-corrected chi connectivity index (χ2v) is 10.1. The lowest BCUT2D eigenvalue weighted by atomic mass is 10.0. The van der Waals surface area contributed by atoms with Crippen LogP contribution >= 0.6 is 11.3 Å². The summed E-state index contributed by atoms with van der Waals surface area (Å²) in [5.41, 5.74) is 4.04. The number of nitrogens with zero attached hydrogens (tertiary/aromatic N) is 2. The van der Waals surface area contributed by atoms with Crippen LogP contribution in [0.4, 0.5) is 0 Å². The zero-order valence-electron chi connectivity index (χ0n) is 19.9. The second-order valence-electron chi connectivity index (χ2n) is 9.10. The van der Waals surface area contributed by atoms with Crippen molar-refractivity contribution in [3.8, 4) is 10.4 Å². The standard InChI is InChI=1S/C28H42N2S/c1-3-5-7-9-11-12-14-16-24-18-20-25(21-19-24)27-23-30-22-26(29-28(30)31-27)17-15-13-10-8-6-4-2/h18-23H,3-17H2,1-2H3. The van der Waals surface area contributed by atoms with Gasteiger partial charge in [0.15, 0.2) is 4.96 Å². The first-order valence-corrected chi connectivity index (χ1v) is 13.7. The molecule has 0 amide bonds. The lowest BCUT2D eigenvalue weighted by molar-refractivity contribution is 0.589. The smallest absolute Gasteiger partial charge is 0.194 e. The van der Waals surface area contributed by atoms with E-state index in [1.54, 1.807) is 0 Å². The van der Waals surface area contributed by atoms with Crippen molar-refractivity contribution >= 4 is 16.3 Å². The molecule has 0 atom stereocenters. The van der Waals surface area contributed by atoms with E-state index in [4.69, 9.17) is 4.98 Å². The number of rotatable bonds is 16. The molecule has 0 aliphatic carbocycles. The SMILES string of the molecule is CCCCCCCCCc1ccc(-c2cn3cc(CCCCCCCC)nc3s2)cc1. The van der Waals surface area contributed by atoms with Crippen LogP contribution in [-0.2, 0) is 12.8 Å². The maximum Gasteiger partial charge on any atom is 0.194 e. The minimum atomic E-state index is 1.11. The fourth-order valence-corrected chi connectivity index (χ4v) is 5.30. The molecule has 3 heteroatoms. The first-order valence-electron chi connectivity index (χ1n) is 12.9. The second kappa shape index (κ2) is 13.7. The van der Waals surface area contributed by atoms with Crippen LogP contribution in [0, 0.1) is 0 Å². The van der Waals surface area contributed by atoms with Gasteiger partial charge in [-0.25, -0.2) is 4.98 Å². The Morgan fingerprint density at radius 2 is 1.26 bits per heavy atom. The zero-order chi connectivity index (χ0) is 21.7. The highest BCUT2D eigenvalue weighted by Crippen LogP contribution is 2.29. The summed E-state index contributed by atoms with van der Waals surface area (Å²) >= 11 is 1.81. The van der Waals surface area contributed by atoms with Gasteiger partial charge in [0, 0.05) is 12.4 Å². The van der Waals surface area contributed by atoms with Gasteiger partial charge < -0.3 is 0 Å². The third kappa shape index (κ3) is 8.11. The summed E-state index contributed by atoms with van der Waals surface area (Å²) in [5, 5.41) is 0. The summed E-state index contributed by atoms with van der Waals surface area (Å²) in [6.07, 6.45) is 24.5. The molecule has 0 saturated heterocycles. The van der Waals surface area contributed by atoms with Gasteiger partial charge in [-0.2, -0.15) is 0 Å². The molecular weight excluding hydrogens is 396 g/mol. The first-order chi connectivity index (χ1) is 15.3. The topological polar surface area (TPSA) is 17.3 Å². The summed E-state index contributed by atoms with van der Waals surface area (Å²) in [4.78, 5) is 7.31. The number of fused-ring (bicyclic) bond motifs is 1. The minimum Gasteiger partial charge on any atom is -0.297 e. The van der Waals surface area contributed by atoms with Crippen LogP contribution in [0.3, 0.4) is 0 Å². The average molecular weight is 439 g/mol. The molecule has 2 aromatic heterocycles. The van der Waals surface area contributed by atoms with Gasteiger partial charge in [-0.05, 0) is 36.8 Å². The highest BCUT2D eigenvalue weighted by molar-refractivity contribution is 7.20. The Balaban J connectivity index is 1.42. The van der Waals surface area contributed by atoms with Crippen LogP contribution in [0.1, 0.15) is 109 Å². The predicted octanol–water partition coefficient (Wildman–Crippen LogP) is 9.26. The number of aryl methyl sites for hydroxylation is 2. The van der Waals surface area contributed by atoms with Crippen LogP contribution < -0.4 is 0 Å². The van der Waals surface area contributed by atoms with Gasteiger partial charge >= 0.3 is 0 Å². The molecule has 0 aliphatic heterocycles. The van der Waals surface area contributed by atoms with Gasteiger partial charge in [-0.15, -0.1) is 0 Å². The third-order valence-electron chi connectivity index (χ3n) is 6.30. The van der Waals surface area contributed by atoms with Crippen LogP contribution in [0.5, 0.6) is 0 Å². The molecule has 170 valence electrons. The first kappa shape index (κ1) is 24.0. The highest BCUT2D eigenvalue weighted by atomic mass is 32.1. The summed E-state index contributed by atoms with van der Waals surface area (Å²) < 4.78 is 2.22. The zero-order valence-corrected chi connectivity index (χ0v) is 20.7. The van der Waals surface area contributed by atoms with E-state index in [1.807, 2.05) is 11.3 Å². The van der Waals surface area contributed by atoms with Crippen LogP contribution in [0.25, 0.3) is 15.4 Å². The molecule has 2 heterocycles. The molecule has 3 aromatic rings. The lowest BCUT2D eigenvalue weighted by Crippen LogP contribution is -1.87. The van der Waals surface area contributed by atoms with Crippen molar-refractivity contribution in [2.45, 2.75) is 110 Å². The molecule has 0 spiro atoms. The lowest BCUT2D eigenvalue weighted by Gasteiger charge is -2.04. The van der Waals surface area contributed by atoms with E-state index in [2.05, 4.69) is 54.9 Å². The van der Waals surface area contributed by atoms with Gasteiger partial charge in [0.05, 0.1) is 10.6 Å². The summed E-state index contributed by atoms with van der Waals surface area (Å²) in [6, 6.07) is 9.22. The van der Waals surface area contributed by atoms with Crippen molar-refractivity contribution in [3.63, 3.8) is 0 Å². The molecule has 3 rings (SSSR count). The van der Waals surface area contributed by atoms with Crippen LogP contribution in [0.15, 0.2) is 36.7 Å². The van der Waals surface area contributed by atoms with Gasteiger partial charge in [-0.1, -0.05) is 120 Å². The number of unbranched alkanes of at least 4 members (excludes halogenated alkanes) is 11. The maximum atomic E-state index is 4.87. The fraction of sp³-hybridized carbons (Fsp3) is 0.607. The fourth-order valence-electron chi connectivity index (χ4n) is 4.31. The van der Waals surface area contributed by atoms with Crippen molar-refractivity contribution in [3.05, 3.63) is 47.9 Å². The molecule has 0 aliphatic rings. The Labute approximate surface area is 194 Å². The highest BCUT2D eigenvalue weighted by Gasteiger charge is 2.08. The van der Waals surface area contributed by atoms with Crippen molar-refractivity contribution < 1.29 is 0 Å². The van der Waals surface area contributed by atoms with Crippen molar-refractivity contribution in [2.75, 3.05) is 0 Å². The molecule has 1 aromatic carbocycles. The van der Waals surface area contributed by atoms with E-state index in [9.17, 15) is 0 Å². The Kier molecular flexibility index (Phi) is 10.6. The molecule has 2 nitrogen and oxygen atoms in total. The molecule has 0 fully saturated rings. The maximum absolute atomic E-state index is 4.87. The monoisotopic (exact) mass is 438 g/mol. The van der Waals surface area contributed by atoms with Gasteiger partial charge in [0.1, 0.15) is 0 Å². The van der Waals surface area contributed by atoms with Gasteiger partial charge in [0.25, 0.3) is 0 Å². The molecule has 0 bridgehead atoms. The quantitative estimate of drug-likeness (QED) is 0.204. The normalized spacial score (nSPS) is 11.5. The number of imidazole rings is 1. The van der Waals surface area contributed by atoms with Crippen LogP contribution in [-0.4, -0.2) is 9.38 Å². The third-order valence-corrected chi connectivity index (χ3v) is 7.35. The Hall–Kier alpha value is -1.61. The van der Waals surface area contributed by atoms with E-state index >= 15 is 0 Å². The van der Waals surface area contributed by atoms with Crippen molar-refractivity contribution in [1.29, 1.82) is 0 Å². The number of hydrogen-bond acceptors (Lipinski definition) is 2. The van der Waals surface area contributed by atoms with Gasteiger partial charge in [-0.3, -0.25) is 4.40 Å². The number of benzene rings is 1. The summed E-state index contributed by atoms with van der Waals surface area (Å²) in [6.45, 7) is 4.56.